The van der Waals surface area contributed by atoms with Crippen LogP contribution in [0.15, 0.2) is 12.7 Å². The van der Waals surface area contributed by atoms with Crippen molar-refractivity contribution < 1.29 is 9.53 Å². The molecule has 0 spiro atoms. The smallest absolute Gasteiger partial charge is 0.306 e. The van der Waals surface area contributed by atoms with Crippen LogP contribution in [0.2, 0.25) is 0 Å². The Hall–Kier alpha value is -0.790. The molecule has 0 aromatic carbocycles. The maximum absolute atomic E-state index is 11.0. The second-order valence-electron chi connectivity index (χ2n) is 3.96. The second-order valence-corrected chi connectivity index (χ2v) is 3.96. The van der Waals surface area contributed by atoms with Gasteiger partial charge in [0, 0.05) is 6.42 Å². The second kappa shape index (κ2) is 8.79. The first-order valence-corrected chi connectivity index (χ1v) is 5.43. The molecule has 2 nitrogen and oxygen atoms in total. The summed E-state index contributed by atoms with van der Waals surface area (Å²) in [6.45, 7) is 8.26. The summed E-state index contributed by atoms with van der Waals surface area (Å²) in [4.78, 5) is 11.0. The van der Waals surface area contributed by atoms with Gasteiger partial charge in [-0.1, -0.05) is 45.8 Å². The van der Waals surface area contributed by atoms with Gasteiger partial charge in [0.2, 0.25) is 0 Å². The van der Waals surface area contributed by atoms with Gasteiger partial charge in [-0.05, 0) is 12.3 Å². The minimum Gasteiger partial charge on any atom is -0.461 e. The third-order valence-electron chi connectivity index (χ3n) is 2.02. The Morgan fingerprint density at radius 3 is 2.64 bits per heavy atom. The summed E-state index contributed by atoms with van der Waals surface area (Å²) in [5, 5.41) is 0. The van der Waals surface area contributed by atoms with Gasteiger partial charge in [0.05, 0.1) is 0 Å². The number of unbranched alkanes of at least 4 members (excludes halogenated alkanes) is 2. The zero-order valence-corrected chi connectivity index (χ0v) is 9.42. The normalized spacial score (nSPS) is 10.2. The van der Waals surface area contributed by atoms with Crippen LogP contribution in [0.4, 0.5) is 0 Å². The lowest BCUT2D eigenvalue weighted by Gasteiger charge is -2.04. The summed E-state index contributed by atoms with van der Waals surface area (Å²) in [5.74, 6) is 0.664. The molecule has 0 fully saturated rings. The maximum Gasteiger partial charge on any atom is 0.306 e. The summed E-state index contributed by atoms with van der Waals surface area (Å²) in [6.07, 6.45) is 6.68. The minimum absolute atomic E-state index is 0.102. The lowest BCUT2D eigenvalue weighted by Crippen LogP contribution is -2.03. The molecule has 0 atom stereocenters. The van der Waals surface area contributed by atoms with Gasteiger partial charge in [-0.2, -0.15) is 0 Å². The number of hydrogen-bond acceptors (Lipinski definition) is 2. The van der Waals surface area contributed by atoms with Crippen molar-refractivity contribution in [2.24, 2.45) is 5.92 Å². The van der Waals surface area contributed by atoms with E-state index in [0.717, 1.165) is 18.8 Å². The first-order chi connectivity index (χ1) is 6.66. The molecule has 2 heteroatoms. The number of carbonyl (C=O) groups excluding carboxylic acids is 1. The van der Waals surface area contributed by atoms with Crippen molar-refractivity contribution in [2.45, 2.75) is 46.0 Å². The number of carbonyl (C=O) groups is 1. The highest BCUT2D eigenvalue weighted by Gasteiger charge is 2.01. The van der Waals surface area contributed by atoms with Crippen molar-refractivity contribution >= 4 is 5.97 Å². The average Bonchev–Trinajstić information content (AvgIpc) is 2.13. The van der Waals surface area contributed by atoms with Crippen LogP contribution >= 0.6 is 0 Å². The Balaban J connectivity index is 3.18. The summed E-state index contributed by atoms with van der Waals surface area (Å²) < 4.78 is 4.86. The zero-order valence-electron chi connectivity index (χ0n) is 9.42. The maximum atomic E-state index is 11.0. The van der Waals surface area contributed by atoms with Crippen LogP contribution in [0.5, 0.6) is 0 Å². The Morgan fingerprint density at radius 2 is 2.07 bits per heavy atom. The molecule has 0 saturated heterocycles. The molecule has 0 aromatic rings. The van der Waals surface area contributed by atoms with Crippen LogP contribution < -0.4 is 0 Å². The number of esters is 1. The van der Waals surface area contributed by atoms with E-state index in [1.165, 1.54) is 12.8 Å². The number of rotatable bonds is 8. The highest BCUT2D eigenvalue weighted by atomic mass is 16.5. The number of ether oxygens (including phenoxy) is 1. The fraction of sp³-hybridized carbons (Fsp3) is 0.750. The predicted molar refractivity (Wildman–Crippen MR) is 59.1 cm³/mol. The number of hydrogen-bond donors (Lipinski definition) is 0. The molecule has 0 aliphatic rings. The molecule has 0 N–H and O–H groups in total. The average molecular weight is 198 g/mol. The van der Waals surface area contributed by atoms with E-state index in [4.69, 9.17) is 4.74 Å². The van der Waals surface area contributed by atoms with Gasteiger partial charge in [0.15, 0.2) is 0 Å². The molecule has 0 bridgehead atoms. The van der Waals surface area contributed by atoms with E-state index in [9.17, 15) is 4.79 Å². The van der Waals surface area contributed by atoms with E-state index < -0.39 is 0 Å². The molecule has 0 aliphatic carbocycles. The van der Waals surface area contributed by atoms with Gasteiger partial charge >= 0.3 is 5.97 Å². The molecule has 82 valence electrons. The van der Waals surface area contributed by atoms with Crippen molar-refractivity contribution in [3.8, 4) is 0 Å². The van der Waals surface area contributed by atoms with Crippen molar-refractivity contribution in [1.29, 1.82) is 0 Å². The first-order valence-electron chi connectivity index (χ1n) is 5.43. The summed E-state index contributed by atoms with van der Waals surface area (Å²) >= 11 is 0. The molecular weight excluding hydrogens is 176 g/mol. The lowest BCUT2D eigenvalue weighted by atomic mass is 10.0. The quantitative estimate of drug-likeness (QED) is 0.340. The molecule has 0 saturated carbocycles. The minimum atomic E-state index is -0.102. The van der Waals surface area contributed by atoms with Gasteiger partial charge < -0.3 is 4.74 Å². The highest BCUT2D eigenvalue weighted by Crippen LogP contribution is 2.09. The Bertz CT molecular complexity index is 162. The Kier molecular flexibility index (Phi) is 8.30. The van der Waals surface area contributed by atoms with Crippen LogP contribution in [0.1, 0.15) is 46.0 Å². The third kappa shape index (κ3) is 9.30. The van der Waals surface area contributed by atoms with Crippen molar-refractivity contribution in [3.63, 3.8) is 0 Å². The largest absolute Gasteiger partial charge is 0.461 e. The summed E-state index contributed by atoms with van der Waals surface area (Å²) in [7, 11) is 0. The molecular formula is C12H22O2. The van der Waals surface area contributed by atoms with Crippen molar-refractivity contribution in [1.82, 2.24) is 0 Å². The Labute approximate surface area is 87.3 Å². The van der Waals surface area contributed by atoms with E-state index in [2.05, 4.69) is 20.4 Å². The van der Waals surface area contributed by atoms with Crippen LogP contribution in [0, 0.1) is 5.92 Å². The monoisotopic (exact) mass is 198 g/mol. The first kappa shape index (κ1) is 13.2. The van der Waals surface area contributed by atoms with Gasteiger partial charge in [-0.15, -0.1) is 0 Å². The van der Waals surface area contributed by atoms with Crippen LogP contribution in [-0.2, 0) is 9.53 Å². The topological polar surface area (TPSA) is 26.3 Å². The van der Waals surface area contributed by atoms with Crippen molar-refractivity contribution in [3.05, 3.63) is 12.7 Å². The Morgan fingerprint density at radius 1 is 1.36 bits per heavy atom. The summed E-state index contributed by atoms with van der Waals surface area (Å²) in [6, 6.07) is 0. The van der Waals surface area contributed by atoms with Crippen LogP contribution in [-0.4, -0.2) is 12.6 Å². The third-order valence-corrected chi connectivity index (χ3v) is 2.02. The van der Waals surface area contributed by atoms with Gasteiger partial charge in [-0.25, -0.2) is 0 Å². The highest BCUT2D eigenvalue weighted by molar-refractivity contribution is 5.69. The zero-order chi connectivity index (χ0) is 10.8. The molecule has 14 heavy (non-hydrogen) atoms. The van der Waals surface area contributed by atoms with Crippen LogP contribution in [0.25, 0.3) is 0 Å². The fourth-order valence-corrected chi connectivity index (χ4v) is 1.22. The van der Waals surface area contributed by atoms with Crippen LogP contribution in [0.3, 0.4) is 0 Å². The van der Waals surface area contributed by atoms with Crippen molar-refractivity contribution in [2.75, 3.05) is 6.61 Å². The van der Waals surface area contributed by atoms with E-state index in [0.29, 0.717) is 13.0 Å². The van der Waals surface area contributed by atoms with E-state index >= 15 is 0 Å². The van der Waals surface area contributed by atoms with E-state index in [1.807, 2.05) is 0 Å². The van der Waals surface area contributed by atoms with E-state index in [1.54, 1.807) is 6.08 Å². The predicted octanol–water partition coefficient (Wildman–Crippen LogP) is 3.32. The van der Waals surface area contributed by atoms with E-state index in [-0.39, 0.29) is 5.97 Å². The van der Waals surface area contributed by atoms with Gasteiger partial charge in [0.25, 0.3) is 0 Å². The SMILES string of the molecule is C=CCOC(=O)CCCCCC(C)C. The van der Waals surface area contributed by atoms with Gasteiger partial charge in [-0.3, -0.25) is 4.79 Å². The molecule has 0 radical (unpaired) electrons. The lowest BCUT2D eigenvalue weighted by molar-refractivity contribution is -0.142. The molecule has 0 amide bonds. The van der Waals surface area contributed by atoms with Gasteiger partial charge in [0.1, 0.15) is 6.61 Å². The fourth-order valence-electron chi connectivity index (χ4n) is 1.22. The molecule has 0 aliphatic heterocycles. The summed E-state index contributed by atoms with van der Waals surface area (Å²) in [5.41, 5.74) is 0. The standard InChI is InChI=1S/C12H22O2/c1-4-10-14-12(13)9-7-5-6-8-11(2)3/h4,11H,1,5-10H2,2-3H3. The molecule has 0 aromatic heterocycles. The molecule has 0 unspecified atom stereocenters. The molecule has 0 heterocycles. The molecule has 0 rings (SSSR count).